The third-order valence-corrected chi connectivity index (χ3v) is 9.75. The second-order valence-corrected chi connectivity index (χ2v) is 12.5. The number of nitrogen functional groups attached to an aromatic ring is 1. The monoisotopic (exact) mass is 624 g/mol. The maximum atomic E-state index is 14.4. The van der Waals surface area contributed by atoms with E-state index in [2.05, 4.69) is 9.88 Å². The fraction of sp³-hybridized carbons (Fsp3) is 0.406. The lowest BCUT2D eigenvalue weighted by atomic mass is 9.93. The Labute approximate surface area is 259 Å². The van der Waals surface area contributed by atoms with E-state index < -0.39 is 11.9 Å². The van der Waals surface area contributed by atoms with E-state index in [1.165, 1.54) is 12.1 Å². The molecule has 0 bridgehead atoms. The first-order chi connectivity index (χ1) is 20.7. The fourth-order valence-electron chi connectivity index (χ4n) is 6.59. The van der Waals surface area contributed by atoms with Gasteiger partial charge in [-0.25, -0.2) is 14.2 Å². The van der Waals surface area contributed by atoms with E-state index in [1.54, 1.807) is 27.3 Å². The number of pyridine rings is 1. The summed E-state index contributed by atoms with van der Waals surface area (Å²) < 4.78 is 17.8. The first-order valence-corrected chi connectivity index (χ1v) is 15.5. The number of imidazole rings is 1. The van der Waals surface area contributed by atoms with E-state index in [1.807, 2.05) is 36.2 Å². The van der Waals surface area contributed by atoms with Gasteiger partial charge in [0.2, 0.25) is 5.91 Å². The number of aromatic nitrogens is 3. The molecule has 2 aliphatic rings. The summed E-state index contributed by atoms with van der Waals surface area (Å²) in [5.41, 5.74) is 8.63. The number of fused-ring (bicyclic) bond motifs is 1. The van der Waals surface area contributed by atoms with E-state index in [-0.39, 0.29) is 23.6 Å². The number of amides is 1. The Hall–Kier alpha value is -3.40. The van der Waals surface area contributed by atoms with Crippen LogP contribution in [-0.4, -0.2) is 56.0 Å². The fourth-order valence-corrected chi connectivity index (χ4v) is 6.90. The largest absolute Gasteiger partial charge is 0.384 e. The quantitative estimate of drug-likeness (QED) is 0.288. The van der Waals surface area contributed by atoms with Crippen molar-refractivity contribution in [2.45, 2.75) is 51.2 Å². The molecular weight excluding hydrogens is 590 g/mol. The van der Waals surface area contributed by atoms with Gasteiger partial charge in [0.15, 0.2) is 0 Å². The van der Waals surface area contributed by atoms with Gasteiger partial charge in [-0.05, 0) is 93.2 Å². The van der Waals surface area contributed by atoms with Crippen LogP contribution in [0.3, 0.4) is 0 Å². The number of hydrogen-bond donors (Lipinski definition) is 1. The van der Waals surface area contributed by atoms with Crippen molar-refractivity contribution in [3.05, 3.63) is 92.2 Å². The zero-order valence-electron chi connectivity index (χ0n) is 24.1. The smallest absolute Gasteiger partial charge is 0.329 e. The summed E-state index contributed by atoms with van der Waals surface area (Å²) in [5, 5.41) is 0.830. The van der Waals surface area contributed by atoms with Gasteiger partial charge in [0.1, 0.15) is 11.6 Å². The van der Waals surface area contributed by atoms with Crippen molar-refractivity contribution in [3.8, 4) is 0 Å². The van der Waals surface area contributed by atoms with Crippen molar-refractivity contribution < 1.29 is 9.18 Å². The predicted molar refractivity (Wildman–Crippen MR) is 168 cm³/mol. The van der Waals surface area contributed by atoms with Crippen LogP contribution in [0.25, 0.3) is 11.0 Å². The Balaban J connectivity index is 1.14. The third kappa shape index (κ3) is 6.03. The summed E-state index contributed by atoms with van der Waals surface area (Å²) >= 11 is 12.4. The molecule has 11 heteroatoms. The van der Waals surface area contributed by atoms with Crippen molar-refractivity contribution in [2.24, 2.45) is 5.92 Å². The molecule has 2 aliphatic heterocycles. The van der Waals surface area contributed by atoms with E-state index in [0.717, 1.165) is 43.6 Å². The molecule has 4 heterocycles. The lowest BCUT2D eigenvalue weighted by Crippen LogP contribution is -2.46. The standard InChI is InChI=1S/C32H35Cl2FN6O2/c1-20(23-3-5-26(33)27(34)16-23)40-29-17-24(35)4-6-28(29)41(32(40)43)25-10-14-39(15-11-25)31(42)22-8-12-38(13-9-22)19-21-2-7-30(36)37-18-21/h2-7,16-18,20,22,25H,8-15,19H2,1H3,(H2,36,37). The Kier molecular flexibility index (Phi) is 8.49. The maximum absolute atomic E-state index is 14.4. The molecule has 2 N–H and O–H groups in total. The van der Waals surface area contributed by atoms with Crippen LogP contribution < -0.4 is 11.4 Å². The number of carbonyl (C=O) groups is 1. The van der Waals surface area contributed by atoms with Crippen molar-refractivity contribution in [1.29, 1.82) is 0 Å². The molecule has 8 nitrogen and oxygen atoms in total. The van der Waals surface area contributed by atoms with Gasteiger partial charge in [-0.2, -0.15) is 0 Å². The molecule has 0 saturated carbocycles. The van der Waals surface area contributed by atoms with Gasteiger partial charge in [-0.1, -0.05) is 35.3 Å². The number of rotatable bonds is 6. The zero-order chi connectivity index (χ0) is 30.2. The molecule has 4 aromatic rings. The molecule has 2 aromatic heterocycles. The zero-order valence-corrected chi connectivity index (χ0v) is 25.6. The number of hydrogen-bond acceptors (Lipinski definition) is 5. The van der Waals surface area contributed by atoms with Gasteiger partial charge >= 0.3 is 5.69 Å². The molecule has 0 spiro atoms. The Morgan fingerprint density at radius 1 is 0.977 bits per heavy atom. The van der Waals surface area contributed by atoms with Crippen molar-refractivity contribution in [3.63, 3.8) is 0 Å². The summed E-state index contributed by atoms with van der Waals surface area (Å²) in [6.07, 6.45) is 4.78. The molecule has 2 fully saturated rings. The molecule has 2 aromatic carbocycles. The normalized spacial score (nSPS) is 17.9. The van der Waals surface area contributed by atoms with Gasteiger partial charge in [-0.3, -0.25) is 18.8 Å². The predicted octanol–water partition coefficient (Wildman–Crippen LogP) is 5.91. The second kappa shape index (κ2) is 12.3. The highest BCUT2D eigenvalue weighted by molar-refractivity contribution is 6.42. The number of nitrogens with zero attached hydrogens (tertiary/aromatic N) is 5. The minimum Gasteiger partial charge on any atom is -0.384 e. The third-order valence-electron chi connectivity index (χ3n) is 9.01. The second-order valence-electron chi connectivity index (χ2n) is 11.7. The van der Waals surface area contributed by atoms with Crippen LogP contribution in [0.15, 0.2) is 59.5 Å². The summed E-state index contributed by atoms with van der Waals surface area (Å²) in [7, 11) is 0. The van der Waals surface area contributed by atoms with Crippen LogP contribution in [0.4, 0.5) is 10.2 Å². The number of halogens is 3. The summed E-state index contributed by atoms with van der Waals surface area (Å²) in [4.78, 5) is 35.9. The van der Waals surface area contributed by atoms with Gasteiger partial charge in [-0.15, -0.1) is 0 Å². The molecule has 2 saturated heterocycles. The van der Waals surface area contributed by atoms with Gasteiger partial charge in [0, 0.05) is 37.8 Å². The highest BCUT2D eigenvalue weighted by atomic mass is 35.5. The summed E-state index contributed by atoms with van der Waals surface area (Å²) in [6.45, 7) is 5.59. The molecule has 1 atom stereocenters. The van der Waals surface area contributed by atoms with Gasteiger partial charge < -0.3 is 10.6 Å². The minimum absolute atomic E-state index is 0.0111. The molecule has 43 heavy (non-hydrogen) atoms. The lowest BCUT2D eigenvalue weighted by molar-refractivity contribution is -0.138. The maximum Gasteiger partial charge on any atom is 0.329 e. The topological polar surface area (TPSA) is 89.4 Å². The number of nitrogens with two attached hydrogens (primary N) is 1. The summed E-state index contributed by atoms with van der Waals surface area (Å²) in [6, 6.07) is 13.1. The van der Waals surface area contributed by atoms with E-state index >= 15 is 0 Å². The highest BCUT2D eigenvalue weighted by Crippen LogP contribution is 2.32. The van der Waals surface area contributed by atoms with Crippen molar-refractivity contribution in [2.75, 3.05) is 31.9 Å². The number of likely N-dealkylation sites (tertiary alicyclic amines) is 2. The van der Waals surface area contributed by atoms with Crippen LogP contribution in [0, 0.1) is 11.7 Å². The van der Waals surface area contributed by atoms with E-state index in [0.29, 0.717) is 52.8 Å². The van der Waals surface area contributed by atoms with Crippen LogP contribution in [0.1, 0.15) is 55.8 Å². The van der Waals surface area contributed by atoms with Crippen molar-refractivity contribution in [1.82, 2.24) is 23.9 Å². The highest BCUT2D eigenvalue weighted by Gasteiger charge is 2.33. The first-order valence-electron chi connectivity index (χ1n) is 14.8. The Morgan fingerprint density at radius 2 is 1.72 bits per heavy atom. The first kappa shape index (κ1) is 29.7. The SMILES string of the molecule is CC(c1ccc(Cl)c(Cl)c1)n1c(=O)n(C2CCN(C(=O)C3CCN(Cc4ccc(N)nc4)CC3)CC2)c2ccc(F)cc21. The minimum atomic E-state index is -0.406. The Morgan fingerprint density at radius 3 is 2.40 bits per heavy atom. The number of piperidine rings is 2. The molecule has 0 radical (unpaired) electrons. The van der Waals surface area contributed by atoms with Crippen LogP contribution in [-0.2, 0) is 11.3 Å². The lowest BCUT2D eigenvalue weighted by Gasteiger charge is -2.37. The van der Waals surface area contributed by atoms with E-state index in [9.17, 15) is 14.0 Å². The number of anilines is 1. The number of benzene rings is 2. The molecule has 226 valence electrons. The van der Waals surface area contributed by atoms with Gasteiger partial charge in [0.05, 0.1) is 27.1 Å². The van der Waals surface area contributed by atoms with Gasteiger partial charge in [0.25, 0.3) is 0 Å². The Bertz CT molecular complexity index is 1690. The molecule has 1 amide bonds. The number of carbonyl (C=O) groups excluding carboxylic acids is 1. The van der Waals surface area contributed by atoms with Crippen molar-refractivity contribution >= 4 is 46.0 Å². The van der Waals surface area contributed by atoms with E-state index in [4.69, 9.17) is 28.9 Å². The average Bonchev–Trinajstić information content (AvgIpc) is 3.30. The van der Waals surface area contributed by atoms with Crippen LogP contribution in [0.2, 0.25) is 10.0 Å². The average molecular weight is 626 g/mol. The van der Waals surface area contributed by atoms with Crippen LogP contribution >= 0.6 is 23.2 Å². The molecule has 6 rings (SSSR count). The molecular formula is C32H35Cl2FN6O2. The summed E-state index contributed by atoms with van der Waals surface area (Å²) in [5.74, 6) is 0.324. The molecule has 1 unspecified atom stereocenters. The van der Waals surface area contributed by atoms with Crippen LogP contribution in [0.5, 0.6) is 0 Å². The molecule has 0 aliphatic carbocycles.